The van der Waals surface area contributed by atoms with Crippen molar-refractivity contribution < 1.29 is 22.8 Å². The zero-order valence-corrected chi connectivity index (χ0v) is 22.5. The zero-order chi connectivity index (χ0) is 29.0. The normalized spacial score (nSPS) is 17.7. The molecule has 4 heterocycles. The molecule has 210 valence electrons. The van der Waals surface area contributed by atoms with Crippen molar-refractivity contribution in [1.82, 2.24) is 29.7 Å². The average molecular weight is 583 g/mol. The molecule has 1 saturated heterocycles. The summed E-state index contributed by atoms with van der Waals surface area (Å²) >= 11 is 5.82. The van der Waals surface area contributed by atoms with E-state index in [0.29, 0.717) is 36.3 Å². The molecule has 0 unspecified atom stereocenters. The summed E-state index contributed by atoms with van der Waals surface area (Å²) in [7, 11) is 0. The molecule has 1 aliphatic carbocycles. The first-order valence-electron chi connectivity index (χ1n) is 12.7. The number of carbonyl (C=O) groups excluding carboxylic acids is 2. The van der Waals surface area contributed by atoms with E-state index in [-0.39, 0.29) is 33.9 Å². The number of hydrogen-bond acceptors (Lipinski definition) is 7. The van der Waals surface area contributed by atoms with Crippen LogP contribution in [0.5, 0.6) is 0 Å². The summed E-state index contributed by atoms with van der Waals surface area (Å²) in [5.74, 6) is -0.766. The molecule has 1 aromatic carbocycles. The van der Waals surface area contributed by atoms with Crippen LogP contribution in [0.3, 0.4) is 0 Å². The Balaban J connectivity index is 1.18. The van der Waals surface area contributed by atoms with E-state index in [1.807, 2.05) is 6.92 Å². The molecule has 2 fully saturated rings. The number of alkyl halides is 2. The molecular weight excluding hydrogens is 561 g/mol. The summed E-state index contributed by atoms with van der Waals surface area (Å²) in [5, 5.41) is 6.56. The van der Waals surface area contributed by atoms with Crippen molar-refractivity contribution in [2.24, 2.45) is 11.8 Å². The maximum absolute atomic E-state index is 14.8. The number of aromatic nitrogens is 6. The number of halogens is 4. The van der Waals surface area contributed by atoms with E-state index in [4.69, 9.17) is 11.6 Å². The van der Waals surface area contributed by atoms with Gasteiger partial charge >= 0.3 is 0 Å². The monoisotopic (exact) mass is 582 g/mol. The fourth-order valence-electron chi connectivity index (χ4n) is 4.89. The smallest absolute Gasteiger partial charge is 0.276 e. The summed E-state index contributed by atoms with van der Waals surface area (Å²) in [6.45, 7) is 4.30. The molecule has 2 atom stereocenters. The Morgan fingerprint density at radius 3 is 2.66 bits per heavy atom. The lowest BCUT2D eigenvalue weighted by Crippen LogP contribution is -2.30. The second kappa shape index (κ2) is 10.2. The van der Waals surface area contributed by atoms with Gasteiger partial charge in [0.05, 0.1) is 41.0 Å². The first-order chi connectivity index (χ1) is 19.6. The molecule has 10 nitrogen and oxygen atoms in total. The number of rotatable bonds is 7. The number of piperidine rings is 1. The number of anilines is 2. The largest absolute Gasteiger partial charge is 0.318 e. The van der Waals surface area contributed by atoms with Crippen LogP contribution in [0.1, 0.15) is 45.8 Å². The van der Waals surface area contributed by atoms with E-state index < -0.39 is 29.3 Å². The van der Waals surface area contributed by atoms with E-state index in [2.05, 4.69) is 30.4 Å². The van der Waals surface area contributed by atoms with Gasteiger partial charge in [0, 0.05) is 47.2 Å². The molecule has 3 aromatic heterocycles. The minimum atomic E-state index is -3.00. The molecule has 1 saturated carbocycles. The highest BCUT2D eigenvalue weighted by Crippen LogP contribution is 2.46. The molecule has 1 aliphatic heterocycles. The maximum atomic E-state index is 14.8. The van der Waals surface area contributed by atoms with Crippen LogP contribution < -0.4 is 10.2 Å². The van der Waals surface area contributed by atoms with E-state index >= 15 is 0 Å². The number of benzene rings is 1. The Bertz CT molecular complexity index is 1710. The second-order valence-electron chi connectivity index (χ2n) is 10.0. The highest BCUT2D eigenvalue weighted by molar-refractivity contribution is 6.31. The van der Waals surface area contributed by atoms with Gasteiger partial charge < -0.3 is 5.32 Å². The summed E-state index contributed by atoms with van der Waals surface area (Å²) < 4.78 is 43.5. The molecule has 41 heavy (non-hydrogen) atoms. The van der Waals surface area contributed by atoms with Gasteiger partial charge in [-0.3, -0.25) is 24.2 Å². The van der Waals surface area contributed by atoms with E-state index in [9.17, 15) is 22.8 Å². The maximum Gasteiger partial charge on any atom is 0.276 e. The standard InChI is InChI=1S/C27H22ClF3N8O2/c1-12-15(6-33-27(35-12)39-10-14-5-18(14)26(39)41)9-38-11-16(7-34-38)36-25(40)23-13(2)32-8-20(37-23)21-17(24(30)31)3-4-19(28)22(21)29/h3-4,6-8,11,14,18,24H,5,9-10H2,1-2H3,(H,36,40)/t14-,18-/m1/s1. The summed E-state index contributed by atoms with van der Waals surface area (Å²) in [6.07, 6.45) is 3.73. The molecule has 0 radical (unpaired) electrons. The van der Waals surface area contributed by atoms with Crippen LogP contribution in [-0.2, 0) is 11.3 Å². The molecule has 1 N–H and O–H groups in total. The minimum Gasteiger partial charge on any atom is -0.318 e. The van der Waals surface area contributed by atoms with E-state index in [0.717, 1.165) is 30.3 Å². The highest BCUT2D eigenvalue weighted by Gasteiger charge is 2.53. The number of aryl methyl sites for hydroxylation is 2. The van der Waals surface area contributed by atoms with Gasteiger partial charge in [0.25, 0.3) is 12.3 Å². The SMILES string of the molecule is Cc1nc(N2C[C@H]3C[C@H]3C2=O)ncc1Cn1cc(NC(=O)c2nc(-c3c(C(F)F)ccc(Cl)c3F)cnc2C)cn1. The van der Waals surface area contributed by atoms with Crippen molar-refractivity contribution in [3.63, 3.8) is 0 Å². The van der Waals surface area contributed by atoms with Crippen molar-refractivity contribution in [3.05, 3.63) is 76.0 Å². The van der Waals surface area contributed by atoms with Crippen LogP contribution in [-0.4, -0.2) is 48.1 Å². The highest BCUT2D eigenvalue weighted by atomic mass is 35.5. The van der Waals surface area contributed by atoms with Gasteiger partial charge in [0.1, 0.15) is 5.69 Å². The molecular formula is C27H22ClF3N8O2. The molecule has 0 spiro atoms. The van der Waals surface area contributed by atoms with Gasteiger partial charge in [-0.15, -0.1) is 0 Å². The summed E-state index contributed by atoms with van der Waals surface area (Å²) in [5.41, 5.74) is 0.456. The first kappa shape index (κ1) is 26.8. The third-order valence-electron chi connectivity index (χ3n) is 7.24. The van der Waals surface area contributed by atoms with Crippen LogP contribution >= 0.6 is 11.6 Å². The molecule has 6 rings (SSSR count). The number of hydrogen-bond donors (Lipinski definition) is 1. The quantitative estimate of drug-likeness (QED) is 0.334. The minimum absolute atomic E-state index is 0.0761. The number of nitrogens with one attached hydrogen (secondary N) is 1. The summed E-state index contributed by atoms with van der Waals surface area (Å²) in [6, 6.07) is 2.04. The average Bonchev–Trinajstić information content (AvgIpc) is 3.46. The van der Waals surface area contributed by atoms with E-state index in [1.165, 1.54) is 13.1 Å². The van der Waals surface area contributed by atoms with Gasteiger partial charge in [-0.05, 0) is 32.3 Å². The van der Waals surface area contributed by atoms with Gasteiger partial charge in [-0.25, -0.2) is 28.1 Å². The van der Waals surface area contributed by atoms with Crippen molar-refractivity contribution in [2.75, 3.05) is 16.8 Å². The fraction of sp³-hybridized carbons (Fsp3) is 0.296. The molecule has 14 heteroatoms. The third kappa shape index (κ3) is 5.01. The van der Waals surface area contributed by atoms with Crippen molar-refractivity contribution in [2.45, 2.75) is 33.2 Å². The Morgan fingerprint density at radius 1 is 1.15 bits per heavy atom. The Hall–Kier alpha value is -4.39. The Labute approximate surface area is 236 Å². The van der Waals surface area contributed by atoms with Crippen LogP contribution in [0.25, 0.3) is 11.3 Å². The number of carbonyl (C=O) groups is 2. The van der Waals surface area contributed by atoms with Gasteiger partial charge in [-0.1, -0.05) is 17.7 Å². The number of nitrogens with zero attached hydrogens (tertiary/aromatic N) is 7. The van der Waals surface area contributed by atoms with Crippen LogP contribution in [0, 0.1) is 31.5 Å². The van der Waals surface area contributed by atoms with E-state index in [1.54, 1.807) is 22.0 Å². The topological polar surface area (TPSA) is 119 Å². The van der Waals surface area contributed by atoms with Crippen molar-refractivity contribution in [1.29, 1.82) is 0 Å². The van der Waals surface area contributed by atoms with Crippen molar-refractivity contribution >= 4 is 35.1 Å². The predicted octanol–water partition coefficient (Wildman–Crippen LogP) is 4.76. The number of fused-ring (bicyclic) bond motifs is 1. The predicted molar refractivity (Wildman–Crippen MR) is 142 cm³/mol. The van der Waals surface area contributed by atoms with Gasteiger partial charge in [0.15, 0.2) is 5.82 Å². The number of amides is 2. The Morgan fingerprint density at radius 2 is 1.95 bits per heavy atom. The van der Waals surface area contributed by atoms with Crippen LogP contribution in [0.15, 0.2) is 36.9 Å². The summed E-state index contributed by atoms with van der Waals surface area (Å²) in [4.78, 5) is 44.1. The molecule has 2 amide bonds. The molecule has 0 bridgehead atoms. The van der Waals surface area contributed by atoms with Gasteiger partial charge in [0.2, 0.25) is 11.9 Å². The fourth-order valence-corrected chi connectivity index (χ4v) is 5.05. The van der Waals surface area contributed by atoms with Gasteiger partial charge in [-0.2, -0.15) is 5.10 Å². The lowest BCUT2D eigenvalue weighted by molar-refractivity contribution is -0.118. The molecule has 2 aliphatic rings. The second-order valence-corrected chi connectivity index (χ2v) is 10.4. The first-order valence-corrected chi connectivity index (χ1v) is 13.1. The van der Waals surface area contributed by atoms with Crippen molar-refractivity contribution in [3.8, 4) is 11.3 Å². The Kier molecular flexibility index (Phi) is 6.68. The zero-order valence-electron chi connectivity index (χ0n) is 21.8. The molecule has 4 aromatic rings. The third-order valence-corrected chi connectivity index (χ3v) is 7.54. The van der Waals surface area contributed by atoms with Crippen LogP contribution in [0.4, 0.5) is 24.8 Å². The van der Waals surface area contributed by atoms with Crippen LogP contribution in [0.2, 0.25) is 5.02 Å². The lowest BCUT2D eigenvalue weighted by Gasteiger charge is -2.17. The lowest BCUT2D eigenvalue weighted by atomic mass is 10.0.